The molecule has 0 aliphatic rings. The molecule has 0 amide bonds. The normalized spacial score (nSPS) is 10.2. The highest BCUT2D eigenvalue weighted by Gasteiger charge is 2.21. The van der Waals surface area contributed by atoms with E-state index in [9.17, 15) is 10.1 Å². The first kappa shape index (κ1) is 11.6. The van der Waals surface area contributed by atoms with Crippen LogP contribution < -0.4 is 0 Å². The van der Waals surface area contributed by atoms with Crippen LogP contribution in [0, 0.1) is 10.1 Å². The van der Waals surface area contributed by atoms with Gasteiger partial charge in [0.15, 0.2) is 0 Å². The second kappa shape index (κ2) is 4.37. The monoisotopic (exact) mass is 435 g/mol. The molecule has 0 fully saturated rings. The van der Waals surface area contributed by atoms with E-state index >= 15 is 0 Å². The smallest absolute Gasteiger partial charge is 0.258 e. The molecule has 70 valence electrons. The molecule has 1 aromatic carbocycles. The molecule has 0 atom stereocenters. The maximum absolute atomic E-state index is 10.7. The number of rotatable bonds is 1. The molecule has 0 aliphatic carbocycles. The van der Waals surface area contributed by atoms with Crippen molar-refractivity contribution in [2.24, 2.45) is 0 Å². The van der Waals surface area contributed by atoms with Crippen LogP contribution in [-0.4, -0.2) is 4.92 Å². The Morgan fingerprint density at radius 1 is 1.08 bits per heavy atom. The summed E-state index contributed by atoms with van der Waals surface area (Å²) in [6.45, 7) is 0. The molecule has 1 rings (SSSR count). The van der Waals surface area contributed by atoms with Crippen LogP contribution in [0.1, 0.15) is 0 Å². The lowest BCUT2D eigenvalue weighted by atomic mass is 10.3. The van der Waals surface area contributed by atoms with Crippen molar-refractivity contribution < 1.29 is 4.92 Å². The number of benzene rings is 1. The van der Waals surface area contributed by atoms with E-state index < -0.39 is 4.92 Å². The molecule has 7 heteroatoms. The van der Waals surface area contributed by atoms with E-state index in [4.69, 9.17) is 0 Å². The standard InChI is InChI=1S/C6HBr4NO2/c7-2-1-3(8)5(10)6(4(2)9)11(12)13/h1H. The van der Waals surface area contributed by atoms with Crippen LogP contribution in [0.5, 0.6) is 0 Å². The average molecular weight is 439 g/mol. The van der Waals surface area contributed by atoms with E-state index in [2.05, 4.69) is 63.7 Å². The molecule has 0 radical (unpaired) electrons. The van der Waals surface area contributed by atoms with Crippen LogP contribution in [0.25, 0.3) is 0 Å². The summed E-state index contributed by atoms with van der Waals surface area (Å²) in [6, 6.07) is 1.72. The van der Waals surface area contributed by atoms with Crippen molar-refractivity contribution >= 4 is 69.4 Å². The molecule has 0 aliphatic heterocycles. The predicted octanol–water partition coefficient (Wildman–Crippen LogP) is 4.64. The first-order chi connectivity index (χ1) is 5.95. The van der Waals surface area contributed by atoms with Crippen molar-refractivity contribution in [2.45, 2.75) is 0 Å². The number of nitro groups is 1. The zero-order valence-corrected chi connectivity index (χ0v) is 12.2. The zero-order chi connectivity index (χ0) is 10.2. The Labute approximate surface area is 108 Å². The van der Waals surface area contributed by atoms with E-state index in [1.807, 2.05) is 0 Å². The number of nitrogens with zero attached hydrogens (tertiary/aromatic N) is 1. The van der Waals surface area contributed by atoms with Gasteiger partial charge in [0.05, 0.1) is 4.92 Å². The number of nitro benzene ring substituents is 1. The minimum atomic E-state index is -0.455. The Morgan fingerprint density at radius 2 is 1.46 bits per heavy atom. The summed E-state index contributed by atoms with van der Waals surface area (Å²) in [6.07, 6.45) is 0. The van der Waals surface area contributed by atoms with Crippen LogP contribution in [-0.2, 0) is 0 Å². The molecule has 0 saturated carbocycles. The molecule has 0 saturated heterocycles. The molecule has 0 heterocycles. The van der Waals surface area contributed by atoms with E-state index in [0.717, 1.165) is 0 Å². The lowest BCUT2D eigenvalue weighted by Gasteiger charge is -2.02. The highest BCUT2D eigenvalue weighted by molar-refractivity contribution is 9.14. The second-order valence-corrected chi connectivity index (χ2v) is 5.37. The van der Waals surface area contributed by atoms with Gasteiger partial charge in [-0.3, -0.25) is 10.1 Å². The lowest BCUT2D eigenvalue weighted by Crippen LogP contribution is -1.92. The zero-order valence-electron chi connectivity index (χ0n) is 5.85. The molecule has 0 bridgehead atoms. The summed E-state index contributed by atoms with van der Waals surface area (Å²) in [7, 11) is 0. The van der Waals surface area contributed by atoms with E-state index in [0.29, 0.717) is 17.9 Å². The molecule has 0 spiro atoms. The van der Waals surface area contributed by atoms with E-state index in [1.165, 1.54) is 0 Å². The fourth-order valence-corrected chi connectivity index (χ4v) is 3.04. The van der Waals surface area contributed by atoms with Crippen LogP contribution in [0.15, 0.2) is 24.0 Å². The van der Waals surface area contributed by atoms with Gasteiger partial charge < -0.3 is 0 Å². The fraction of sp³-hybridized carbons (Fsp3) is 0. The van der Waals surface area contributed by atoms with Crippen molar-refractivity contribution in [3.8, 4) is 0 Å². The molecule has 0 N–H and O–H groups in total. The highest BCUT2D eigenvalue weighted by Crippen LogP contribution is 2.42. The second-order valence-electron chi connectivity index (χ2n) is 2.07. The minimum absolute atomic E-state index is 0.00116. The van der Waals surface area contributed by atoms with Crippen molar-refractivity contribution in [1.29, 1.82) is 0 Å². The summed E-state index contributed by atoms with van der Waals surface area (Å²) in [5.41, 5.74) is 0.00116. The summed E-state index contributed by atoms with van der Waals surface area (Å²) in [5.74, 6) is 0. The van der Waals surface area contributed by atoms with Gasteiger partial charge >= 0.3 is 0 Å². The van der Waals surface area contributed by atoms with E-state index in [-0.39, 0.29) is 5.69 Å². The van der Waals surface area contributed by atoms with Crippen LogP contribution in [0.2, 0.25) is 0 Å². The third-order valence-electron chi connectivity index (χ3n) is 1.27. The average Bonchev–Trinajstić information content (AvgIpc) is 2.01. The van der Waals surface area contributed by atoms with Gasteiger partial charge in [0.1, 0.15) is 8.95 Å². The molecule has 13 heavy (non-hydrogen) atoms. The SMILES string of the molecule is O=[N+]([O-])c1c(Br)c(Br)cc(Br)c1Br. The van der Waals surface area contributed by atoms with Gasteiger partial charge in [-0.2, -0.15) is 0 Å². The topological polar surface area (TPSA) is 43.1 Å². The van der Waals surface area contributed by atoms with Gasteiger partial charge in [-0.05, 0) is 69.8 Å². The van der Waals surface area contributed by atoms with Crippen molar-refractivity contribution in [1.82, 2.24) is 0 Å². The first-order valence-electron chi connectivity index (χ1n) is 2.92. The van der Waals surface area contributed by atoms with Gasteiger partial charge in [-0.25, -0.2) is 0 Å². The molecule has 3 nitrogen and oxygen atoms in total. The first-order valence-corrected chi connectivity index (χ1v) is 6.09. The van der Waals surface area contributed by atoms with Gasteiger partial charge in [-0.1, -0.05) is 0 Å². The van der Waals surface area contributed by atoms with Crippen molar-refractivity contribution in [3.63, 3.8) is 0 Å². The van der Waals surface area contributed by atoms with Crippen molar-refractivity contribution in [2.75, 3.05) is 0 Å². The van der Waals surface area contributed by atoms with Gasteiger partial charge in [0, 0.05) is 8.95 Å². The quantitative estimate of drug-likeness (QED) is 0.364. The molecule has 1 aromatic rings. The third-order valence-corrected chi connectivity index (χ3v) is 5.19. The summed E-state index contributed by atoms with van der Waals surface area (Å²) >= 11 is 12.6. The molecular formula is C6HBr4NO2. The lowest BCUT2D eigenvalue weighted by molar-refractivity contribution is -0.386. The third kappa shape index (κ3) is 2.31. The van der Waals surface area contributed by atoms with Gasteiger partial charge in [-0.15, -0.1) is 0 Å². The Kier molecular flexibility index (Phi) is 3.91. The van der Waals surface area contributed by atoms with Crippen LogP contribution in [0.4, 0.5) is 5.69 Å². The number of hydrogen-bond donors (Lipinski definition) is 0. The predicted molar refractivity (Wildman–Crippen MR) is 63.9 cm³/mol. The maximum Gasteiger partial charge on any atom is 0.299 e. The van der Waals surface area contributed by atoms with Gasteiger partial charge in [0.25, 0.3) is 5.69 Å². The largest absolute Gasteiger partial charge is 0.299 e. The van der Waals surface area contributed by atoms with Crippen LogP contribution >= 0.6 is 63.7 Å². The molecule has 0 aromatic heterocycles. The van der Waals surface area contributed by atoms with Crippen molar-refractivity contribution in [3.05, 3.63) is 34.1 Å². The maximum atomic E-state index is 10.7. The molecular weight excluding hydrogens is 438 g/mol. The number of halogens is 4. The summed E-state index contributed by atoms with van der Waals surface area (Å²) < 4.78 is 2.11. The Hall–Kier alpha value is 0.540. The van der Waals surface area contributed by atoms with Crippen LogP contribution in [0.3, 0.4) is 0 Å². The Balaban J connectivity index is 3.56. The minimum Gasteiger partial charge on any atom is -0.258 e. The highest BCUT2D eigenvalue weighted by atomic mass is 79.9. The Bertz CT molecular complexity index is 353. The summed E-state index contributed by atoms with van der Waals surface area (Å²) in [4.78, 5) is 10.2. The van der Waals surface area contributed by atoms with Gasteiger partial charge in [0.2, 0.25) is 0 Å². The summed E-state index contributed by atoms with van der Waals surface area (Å²) in [5, 5.41) is 10.7. The fourth-order valence-electron chi connectivity index (χ4n) is 0.721. The number of hydrogen-bond acceptors (Lipinski definition) is 2. The Morgan fingerprint density at radius 3 is 1.77 bits per heavy atom. The molecule has 0 unspecified atom stereocenters. The van der Waals surface area contributed by atoms with E-state index in [1.54, 1.807) is 6.07 Å².